The van der Waals surface area contributed by atoms with E-state index in [-0.39, 0.29) is 18.0 Å². The number of carboxylic acid groups (broad SMARTS) is 1. The highest BCUT2D eigenvalue weighted by Crippen LogP contribution is 2.12. The van der Waals surface area contributed by atoms with E-state index >= 15 is 0 Å². The SMILES string of the molecule is CN(C)C(=O)CNCCOc1cccc(C(=O)O)c1. The minimum atomic E-state index is -0.986. The van der Waals surface area contributed by atoms with Gasteiger partial charge in [-0.2, -0.15) is 0 Å². The molecule has 0 spiro atoms. The molecule has 1 rings (SSSR count). The van der Waals surface area contributed by atoms with Crippen molar-refractivity contribution in [1.29, 1.82) is 0 Å². The molecule has 0 aromatic heterocycles. The average Bonchev–Trinajstić information content (AvgIpc) is 2.38. The molecule has 0 aliphatic heterocycles. The second-order valence-corrected chi connectivity index (χ2v) is 4.15. The van der Waals surface area contributed by atoms with Gasteiger partial charge in [0.15, 0.2) is 0 Å². The van der Waals surface area contributed by atoms with E-state index < -0.39 is 5.97 Å². The number of carbonyl (C=O) groups excluding carboxylic acids is 1. The molecule has 19 heavy (non-hydrogen) atoms. The van der Waals surface area contributed by atoms with Crippen LogP contribution in [-0.2, 0) is 4.79 Å². The van der Waals surface area contributed by atoms with E-state index in [9.17, 15) is 9.59 Å². The lowest BCUT2D eigenvalue weighted by molar-refractivity contribution is -0.127. The van der Waals surface area contributed by atoms with Gasteiger partial charge in [0, 0.05) is 20.6 Å². The normalized spacial score (nSPS) is 10.0. The Kier molecular flexibility index (Phi) is 5.81. The highest BCUT2D eigenvalue weighted by atomic mass is 16.5. The van der Waals surface area contributed by atoms with E-state index in [4.69, 9.17) is 9.84 Å². The van der Waals surface area contributed by atoms with Crippen LogP contribution >= 0.6 is 0 Å². The van der Waals surface area contributed by atoms with Crippen LogP contribution in [0.2, 0.25) is 0 Å². The first-order chi connectivity index (χ1) is 9.00. The average molecular weight is 266 g/mol. The summed E-state index contributed by atoms with van der Waals surface area (Å²) in [4.78, 5) is 23.5. The number of benzene rings is 1. The quantitative estimate of drug-likeness (QED) is 0.700. The van der Waals surface area contributed by atoms with Gasteiger partial charge >= 0.3 is 5.97 Å². The fourth-order valence-corrected chi connectivity index (χ4v) is 1.31. The van der Waals surface area contributed by atoms with E-state index in [2.05, 4.69) is 5.32 Å². The van der Waals surface area contributed by atoms with Gasteiger partial charge in [-0.3, -0.25) is 4.79 Å². The summed E-state index contributed by atoms with van der Waals surface area (Å²) in [5.41, 5.74) is 0.188. The second-order valence-electron chi connectivity index (χ2n) is 4.15. The molecule has 1 aromatic carbocycles. The molecule has 0 saturated heterocycles. The molecule has 0 fully saturated rings. The molecule has 6 heteroatoms. The summed E-state index contributed by atoms with van der Waals surface area (Å²) in [6.45, 7) is 1.13. The Balaban J connectivity index is 2.28. The van der Waals surface area contributed by atoms with E-state index in [1.807, 2.05) is 0 Å². The van der Waals surface area contributed by atoms with Crippen LogP contribution < -0.4 is 10.1 Å². The maximum atomic E-state index is 11.3. The smallest absolute Gasteiger partial charge is 0.335 e. The van der Waals surface area contributed by atoms with Crippen LogP contribution in [0.1, 0.15) is 10.4 Å². The monoisotopic (exact) mass is 266 g/mol. The molecular weight excluding hydrogens is 248 g/mol. The minimum absolute atomic E-state index is 0.00660. The first-order valence-corrected chi connectivity index (χ1v) is 5.87. The van der Waals surface area contributed by atoms with Crippen molar-refractivity contribution < 1.29 is 19.4 Å². The lowest BCUT2D eigenvalue weighted by atomic mass is 10.2. The molecule has 0 aliphatic carbocycles. The fraction of sp³-hybridized carbons (Fsp3) is 0.385. The molecule has 0 aliphatic rings. The van der Waals surface area contributed by atoms with Crippen LogP contribution in [0, 0.1) is 0 Å². The van der Waals surface area contributed by atoms with Gasteiger partial charge in [-0.05, 0) is 18.2 Å². The molecule has 1 amide bonds. The number of rotatable bonds is 7. The zero-order valence-corrected chi connectivity index (χ0v) is 11.0. The Hall–Kier alpha value is -2.08. The van der Waals surface area contributed by atoms with Gasteiger partial charge in [0.05, 0.1) is 12.1 Å². The summed E-state index contributed by atoms with van der Waals surface area (Å²) in [5.74, 6) is -0.492. The van der Waals surface area contributed by atoms with Crippen molar-refractivity contribution in [2.75, 3.05) is 33.8 Å². The molecule has 0 atom stereocenters. The molecule has 1 aromatic rings. The highest BCUT2D eigenvalue weighted by molar-refractivity contribution is 5.88. The van der Waals surface area contributed by atoms with Crippen LogP contribution in [0.25, 0.3) is 0 Å². The third-order valence-corrected chi connectivity index (χ3v) is 2.40. The molecule has 2 N–H and O–H groups in total. The minimum Gasteiger partial charge on any atom is -0.492 e. The van der Waals surface area contributed by atoms with Gasteiger partial charge in [0.2, 0.25) is 5.91 Å². The number of aromatic carboxylic acids is 1. The maximum absolute atomic E-state index is 11.3. The lowest BCUT2D eigenvalue weighted by Crippen LogP contribution is -2.34. The Morgan fingerprint density at radius 2 is 2.11 bits per heavy atom. The summed E-state index contributed by atoms with van der Waals surface area (Å²) in [6, 6.07) is 6.29. The lowest BCUT2D eigenvalue weighted by Gasteiger charge is -2.11. The predicted molar refractivity (Wildman–Crippen MR) is 70.5 cm³/mol. The molecule has 0 unspecified atom stereocenters. The Labute approximate surface area is 112 Å². The topological polar surface area (TPSA) is 78.9 Å². The standard InChI is InChI=1S/C13H18N2O4/c1-15(2)12(16)9-14-6-7-19-11-5-3-4-10(8-11)13(17)18/h3-5,8,14H,6-7,9H2,1-2H3,(H,17,18). The van der Waals surface area contributed by atoms with Crippen molar-refractivity contribution >= 4 is 11.9 Å². The van der Waals surface area contributed by atoms with Gasteiger partial charge in [-0.25, -0.2) is 4.79 Å². The van der Waals surface area contributed by atoms with E-state index in [0.717, 1.165) is 0 Å². The molecule has 0 saturated carbocycles. The Bertz CT molecular complexity index is 446. The van der Waals surface area contributed by atoms with Crippen molar-refractivity contribution in [3.8, 4) is 5.75 Å². The largest absolute Gasteiger partial charge is 0.492 e. The molecule has 6 nitrogen and oxygen atoms in total. The van der Waals surface area contributed by atoms with Crippen LogP contribution in [-0.4, -0.2) is 55.7 Å². The van der Waals surface area contributed by atoms with Crippen LogP contribution in [0.3, 0.4) is 0 Å². The van der Waals surface area contributed by atoms with E-state index in [0.29, 0.717) is 18.9 Å². The number of ether oxygens (including phenoxy) is 1. The number of carbonyl (C=O) groups is 2. The zero-order chi connectivity index (χ0) is 14.3. The third kappa shape index (κ3) is 5.39. The van der Waals surface area contributed by atoms with Crippen LogP contribution in [0.5, 0.6) is 5.75 Å². The fourth-order valence-electron chi connectivity index (χ4n) is 1.31. The van der Waals surface area contributed by atoms with Gasteiger partial charge in [-0.1, -0.05) is 6.07 Å². The number of nitrogens with one attached hydrogen (secondary N) is 1. The van der Waals surface area contributed by atoms with Crippen molar-refractivity contribution in [1.82, 2.24) is 10.2 Å². The summed E-state index contributed by atoms with van der Waals surface area (Å²) >= 11 is 0. The number of hydrogen-bond acceptors (Lipinski definition) is 4. The van der Waals surface area contributed by atoms with E-state index in [1.54, 1.807) is 26.2 Å². The van der Waals surface area contributed by atoms with Gasteiger partial charge in [0.25, 0.3) is 0 Å². The summed E-state index contributed by atoms with van der Waals surface area (Å²) in [5, 5.41) is 11.8. The first-order valence-electron chi connectivity index (χ1n) is 5.87. The van der Waals surface area contributed by atoms with Crippen molar-refractivity contribution in [2.45, 2.75) is 0 Å². The molecule has 0 radical (unpaired) electrons. The number of likely N-dealkylation sites (N-methyl/N-ethyl adjacent to an activating group) is 1. The molecule has 0 bridgehead atoms. The van der Waals surface area contributed by atoms with Crippen molar-refractivity contribution in [3.05, 3.63) is 29.8 Å². The van der Waals surface area contributed by atoms with Gasteiger partial charge < -0.3 is 20.1 Å². The summed E-state index contributed by atoms with van der Waals surface area (Å²) < 4.78 is 5.39. The van der Waals surface area contributed by atoms with E-state index in [1.165, 1.54) is 17.0 Å². The predicted octanol–water partition coefficient (Wildman–Crippen LogP) is 0.441. The molecule has 104 valence electrons. The number of amides is 1. The van der Waals surface area contributed by atoms with Gasteiger partial charge in [0.1, 0.15) is 12.4 Å². The van der Waals surface area contributed by atoms with Crippen LogP contribution in [0.4, 0.5) is 0 Å². The number of carboxylic acids is 1. The summed E-state index contributed by atoms with van der Waals surface area (Å²) in [6.07, 6.45) is 0. The Morgan fingerprint density at radius 3 is 2.74 bits per heavy atom. The first kappa shape index (κ1) is 15.0. The number of hydrogen-bond donors (Lipinski definition) is 2. The van der Waals surface area contributed by atoms with Crippen molar-refractivity contribution in [2.24, 2.45) is 0 Å². The van der Waals surface area contributed by atoms with Crippen molar-refractivity contribution in [3.63, 3.8) is 0 Å². The Morgan fingerprint density at radius 1 is 1.37 bits per heavy atom. The zero-order valence-electron chi connectivity index (χ0n) is 11.0. The molecule has 0 heterocycles. The van der Waals surface area contributed by atoms with Crippen LogP contribution in [0.15, 0.2) is 24.3 Å². The summed E-state index contributed by atoms with van der Waals surface area (Å²) in [7, 11) is 3.38. The van der Waals surface area contributed by atoms with Gasteiger partial charge in [-0.15, -0.1) is 0 Å². The number of nitrogens with zero attached hydrogens (tertiary/aromatic N) is 1. The molecular formula is C13H18N2O4. The highest BCUT2D eigenvalue weighted by Gasteiger charge is 2.04. The maximum Gasteiger partial charge on any atom is 0.335 e. The second kappa shape index (κ2) is 7.38. The third-order valence-electron chi connectivity index (χ3n) is 2.40.